The molecule has 1 aromatic rings. The molecule has 0 radical (unpaired) electrons. The molecule has 2 N–H and O–H groups in total. The van der Waals surface area contributed by atoms with E-state index >= 15 is 0 Å². The fourth-order valence-corrected chi connectivity index (χ4v) is 3.43. The lowest BCUT2D eigenvalue weighted by atomic mass is 9.89. The molecule has 2 aliphatic heterocycles. The van der Waals surface area contributed by atoms with Crippen molar-refractivity contribution in [3.05, 3.63) is 51.7 Å². The minimum Gasteiger partial charge on any atom is -0.299 e. The Labute approximate surface area is 133 Å². The summed E-state index contributed by atoms with van der Waals surface area (Å²) in [6, 6.07) is 0. The summed E-state index contributed by atoms with van der Waals surface area (Å²) in [5, 5.41) is 5.85. The predicted octanol–water partition coefficient (Wildman–Crippen LogP) is -0.546. The van der Waals surface area contributed by atoms with Crippen LogP contribution in [-0.2, 0) is 9.59 Å². The van der Waals surface area contributed by atoms with Gasteiger partial charge in [0.15, 0.2) is 5.11 Å². The number of hydrogen-bond donors (Lipinski definition) is 2. The van der Waals surface area contributed by atoms with E-state index in [0.717, 1.165) is 21.2 Å². The lowest BCUT2D eigenvalue weighted by molar-refractivity contribution is -0.123. The highest BCUT2D eigenvalue weighted by Gasteiger charge is 2.29. The number of hydrogen-bond acceptors (Lipinski definition) is 6. The molecule has 4 rings (SSSR count). The van der Waals surface area contributed by atoms with Gasteiger partial charge in [-0.15, -0.1) is 0 Å². The summed E-state index contributed by atoms with van der Waals surface area (Å²) in [4.78, 5) is 28.4. The average molecular weight is 328 g/mol. The van der Waals surface area contributed by atoms with Gasteiger partial charge in [0.2, 0.25) is 0 Å². The zero-order chi connectivity index (χ0) is 15.3. The minimum atomic E-state index is -0.488. The van der Waals surface area contributed by atoms with Crippen LogP contribution in [0.3, 0.4) is 0 Å². The number of amides is 2. The maximum atomic E-state index is 12.0. The number of aromatic nitrogens is 1. The number of fused-ring (bicyclic) bond motifs is 2. The van der Waals surface area contributed by atoms with Crippen molar-refractivity contribution in [2.75, 3.05) is 0 Å². The minimum absolute atomic E-state index is 0.0276. The van der Waals surface area contributed by atoms with Crippen LogP contribution >= 0.6 is 23.8 Å². The molecule has 3 heterocycles. The van der Waals surface area contributed by atoms with Gasteiger partial charge in [0.1, 0.15) is 10.2 Å². The van der Waals surface area contributed by atoms with Crippen LogP contribution in [0, 0.1) is 5.92 Å². The number of carbonyl (C=O) groups excluding carboxylic acids is 2. The molecule has 1 aliphatic carbocycles. The Morgan fingerprint density at radius 3 is 2.82 bits per heavy atom. The van der Waals surface area contributed by atoms with E-state index in [1.54, 1.807) is 12.3 Å². The molecule has 0 spiro atoms. The van der Waals surface area contributed by atoms with Crippen molar-refractivity contribution < 1.29 is 9.59 Å². The first-order valence-electron chi connectivity index (χ1n) is 6.44. The SMILES string of the molecule is O=C1NC(=S)NC(=O)C1=CC1C=CC=C2N=c3sncc3=C21. The smallest absolute Gasteiger partial charge is 0.262 e. The van der Waals surface area contributed by atoms with E-state index in [-0.39, 0.29) is 16.6 Å². The number of nitrogens with one attached hydrogen (secondary N) is 2. The standard InChI is InChI=1S/C14H8N4O2S2/c19-11-7(12(20)18-14(21)17-11)4-6-2-1-3-9-10(6)8-5-15-22-13(8)16-9/h1-6H,(H2,17,18,19,20,21). The lowest BCUT2D eigenvalue weighted by Gasteiger charge is -2.20. The average Bonchev–Trinajstić information content (AvgIpc) is 3.03. The Kier molecular flexibility index (Phi) is 2.88. The number of allylic oxidation sites excluding steroid dienone is 5. The number of carbonyl (C=O) groups is 2. The molecule has 1 saturated heterocycles. The summed E-state index contributed by atoms with van der Waals surface area (Å²) >= 11 is 6.12. The molecular weight excluding hydrogens is 320 g/mol. The molecule has 1 fully saturated rings. The summed E-state index contributed by atoms with van der Waals surface area (Å²) in [5.41, 5.74) is 1.86. The highest BCUT2D eigenvalue weighted by Crippen LogP contribution is 2.30. The second kappa shape index (κ2) is 4.79. The van der Waals surface area contributed by atoms with Gasteiger partial charge in [0.25, 0.3) is 11.8 Å². The van der Waals surface area contributed by atoms with Gasteiger partial charge in [-0.3, -0.25) is 20.2 Å². The molecule has 0 aromatic carbocycles. The highest BCUT2D eigenvalue weighted by molar-refractivity contribution is 7.80. The second-order valence-electron chi connectivity index (χ2n) is 4.85. The van der Waals surface area contributed by atoms with Gasteiger partial charge in [-0.25, -0.2) is 4.99 Å². The van der Waals surface area contributed by atoms with Crippen molar-refractivity contribution in [1.82, 2.24) is 15.0 Å². The maximum absolute atomic E-state index is 12.0. The first-order valence-corrected chi connectivity index (χ1v) is 7.62. The van der Waals surface area contributed by atoms with Gasteiger partial charge < -0.3 is 0 Å². The Bertz CT molecular complexity index is 930. The highest BCUT2D eigenvalue weighted by atomic mass is 32.1. The van der Waals surface area contributed by atoms with Crippen molar-refractivity contribution in [2.24, 2.45) is 10.9 Å². The number of nitrogens with zero attached hydrogens (tertiary/aromatic N) is 2. The van der Waals surface area contributed by atoms with Crippen LogP contribution in [0.1, 0.15) is 0 Å². The van der Waals surface area contributed by atoms with E-state index in [9.17, 15) is 9.59 Å². The fourth-order valence-electron chi connectivity index (χ4n) is 2.59. The molecule has 0 saturated carbocycles. The largest absolute Gasteiger partial charge is 0.299 e. The van der Waals surface area contributed by atoms with Gasteiger partial charge in [-0.2, -0.15) is 4.37 Å². The predicted molar refractivity (Wildman–Crippen MR) is 84.0 cm³/mol. The number of rotatable bonds is 1. The maximum Gasteiger partial charge on any atom is 0.262 e. The lowest BCUT2D eigenvalue weighted by Crippen LogP contribution is -2.51. The second-order valence-corrected chi connectivity index (χ2v) is 6.04. The van der Waals surface area contributed by atoms with E-state index in [1.165, 1.54) is 11.5 Å². The van der Waals surface area contributed by atoms with Crippen molar-refractivity contribution in [3.8, 4) is 0 Å². The Hall–Kier alpha value is -2.45. The van der Waals surface area contributed by atoms with E-state index in [1.807, 2.05) is 18.2 Å². The fraction of sp³-hybridized carbons (Fsp3) is 0.0714. The van der Waals surface area contributed by atoms with Gasteiger partial charge in [-0.1, -0.05) is 18.2 Å². The zero-order valence-electron chi connectivity index (χ0n) is 11.0. The van der Waals surface area contributed by atoms with Gasteiger partial charge in [0, 0.05) is 16.7 Å². The number of thiocarbonyl (C=S) groups is 1. The van der Waals surface area contributed by atoms with E-state index < -0.39 is 11.8 Å². The van der Waals surface area contributed by atoms with Crippen molar-refractivity contribution >= 4 is 46.3 Å². The Morgan fingerprint density at radius 2 is 2.05 bits per heavy atom. The van der Waals surface area contributed by atoms with E-state index in [4.69, 9.17) is 12.2 Å². The molecule has 2 amide bonds. The van der Waals surface area contributed by atoms with Crippen LogP contribution in [-0.4, -0.2) is 21.3 Å². The summed E-state index contributed by atoms with van der Waals surface area (Å²) in [6.45, 7) is 0. The molecular formula is C14H8N4O2S2. The van der Waals surface area contributed by atoms with E-state index in [0.29, 0.717) is 0 Å². The summed E-state index contributed by atoms with van der Waals surface area (Å²) in [7, 11) is 0. The third-order valence-electron chi connectivity index (χ3n) is 3.53. The van der Waals surface area contributed by atoms with E-state index in [2.05, 4.69) is 20.0 Å². The Balaban J connectivity index is 1.82. The zero-order valence-corrected chi connectivity index (χ0v) is 12.6. The first-order chi connectivity index (χ1) is 10.6. The molecule has 3 aliphatic rings. The van der Waals surface area contributed by atoms with Gasteiger partial charge in [0.05, 0.1) is 11.9 Å². The summed E-state index contributed by atoms with van der Waals surface area (Å²) in [6.07, 6.45) is 9.10. The first kappa shape index (κ1) is 13.2. The van der Waals surface area contributed by atoms with Crippen LogP contribution in [0.25, 0.3) is 5.57 Å². The van der Waals surface area contributed by atoms with Crippen LogP contribution in [0.4, 0.5) is 0 Å². The molecule has 1 aromatic heterocycles. The normalized spacial score (nSPS) is 22.5. The molecule has 8 heteroatoms. The summed E-state index contributed by atoms with van der Waals surface area (Å²) < 4.78 is 4.99. The van der Waals surface area contributed by atoms with Crippen LogP contribution in [0.5, 0.6) is 0 Å². The molecule has 0 bridgehead atoms. The molecule has 22 heavy (non-hydrogen) atoms. The quantitative estimate of drug-likeness (QED) is 0.412. The molecule has 1 unspecified atom stereocenters. The third kappa shape index (κ3) is 1.96. The van der Waals surface area contributed by atoms with Gasteiger partial charge >= 0.3 is 0 Å². The third-order valence-corrected chi connectivity index (χ3v) is 4.43. The molecule has 6 nitrogen and oxygen atoms in total. The van der Waals surface area contributed by atoms with Crippen molar-refractivity contribution in [2.45, 2.75) is 0 Å². The molecule has 1 atom stereocenters. The van der Waals surface area contributed by atoms with Crippen LogP contribution < -0.4 is 20.5 Å². The monoisotopic (exact) mass is 328 g/mol. The topological polar surface area (TPSA) is 83.5 Å². The van der Waals surface area contributed by atoms with Crippen LogP contribution in [0.15, 0.2) is 46.8 Å². The van der Waals surface area contributed by atoms with Crippen LogP contribution in [0.2, 0.25) is 0 Å². The Morgan fingerprint density at radius 1 is 1.27 bits per heavy atom. The van der Waals surface area contributed by atoms with Crippen molar-refractivity contribution in [1.29, 1.82) is 0 Å². The summed E-state index contributed by atoms with van der Waals surface area (Å²) in [5.74, 6) is -1.19. The van der Waals surface area contributed by atoms with Gasteiger partial charge in [-0.05, 0) is 29.8 Å². The van der Waals surface area contributed by atoms with Crippen molar-refractivity contribution in [3.63, 3.8) is 0 Å². The molecule has 108 valence electrons.